The van der Waals surface area contributed by atoms with E-state index in [1.54, 1.807) is 11.6 Å². The van der Waals surface area contributed by atoms with E-state index in [2.05, 4.69) is 27.4 Å². The standard InChI is InChI=1S/C21H21N3O3S/c25-21(18-14-28-20(24-18)11-15-4-2-1-3-5-15)23-12-16-6-8-22-19(10-16)27-17-7-9-26-13-17/h1-6,8,10,14,17H,7,9,11-13H2,(H,23,25). The van der Waals surface area contributed by atoms with Gasteiger partial charge < -0.3 is 14.8 Å². The number of carbonyl (C=O) groups is 1. The molecule has 4 rings (SSSR count). The summed E-state index contributed by atoms with van der Waals surface area (Å²) in [6.07, 6.45) is 3.34. The Balaban J connectivity index is 1.32. The molecule has 1 aromatic carbocycles. The van der Waals surface area contributed by atoms with E-state index in [9.17, 15) is 4.79 Å². The zero-order chi connectivity index (χ0) is 19.2. The predicted molar refractivity (Wildman–Crippen MR) is 107 cm³/mol. The van der Waals surface area contributed by atoms with Crippen LogP contribution in [-0.4, -0.2) is 35.2 Å². The molecule has 1 fully saturated rings. The van der Waals surface area contributed by atoms with Gasteiger partial charge in [0.15, 0.2) is 0 Å². The number of amides is 1. The van der Waals surface area contributed by atoms with E-state index < -0.39 is 0 Å². The number of ether oxygens (including phenoxy) is 2. The molecule has 0 bridgehead atoms. The normalized spacial score (nSPS) is 16.1. The zero-order valence-electron chi connectivity index (χ0n) is 15.3. The van der Waals surface area contributed by atoms with E-state index in [0.29, 0.717) is 24.7 Å². The molecule has 1 unspecified atom stereocenters. The number of hydrogen-bond acceptors (Lipinski definition) is 6. The zero-order valence-corrected chi connectivity index (χ0v) is 16.2. The van der Waals surface area contributed by atoms with Gasteiger partial charge in [0.1, 0.15) is 11.8 Å². The first-order valence-electron chi connectivity index (χ1n) is 9.22. The Morgan fingerprint density at radius 3 is 2.96 bits per heavy atom. The highest BCUT2D eigenvalue weighted by Crippen LogP contribution is 2.17. The van der Waals surface area contributed by atoms with E-state index in [4.69, 9.17) is 9.47 Å². The first-order chi connectivity index (χ1) is 13.8. The highest BCUT2D eigenvalue weighted by molar-refractivity contribution is 7.09. The molecule has 6 nitrogen and oxygen atoms in total. The summed E-state index contributed by atoms with van der Waals surface area (Å²) in [5.41, 5.74) is 2.56. The third kappa shape index (κ3) is 4.94. The van der Waals surface area contributed by atoms with Crippen molar-refractivity contribution in [3.63, 3.8) is 0 Å². The van der Waals surface area contributed by atoms with Gasteiger partial charge in [0.25, 0.3) is 5.91 Å². The Bertz CT molecular complexity index is 923. The summed E-state index contributed by atoms with van der Waals surface area (Å²) in [5, 5.41) is 5.64. The molecule has 2 aromatic heterocycles. The molecule has 0 radical (unpaired) electrons. The minimum Gasteiger partial charge on any atom is -0.472 e. The Kier molecular flexibility index (Phi) is 5.94. The Hall–Kier alpha value is -2.77. The van der Waals surface area contributed by atoms with Gasteiger partial charge in [0.05, 0.1) is 18.2 Å². The Morgan fingerprint density at radius 2 is 2.14 bits per heavy atom. The van der Waals surface area contributed by atoms with Gasteiger partial charge in [-0.3, -0.25) is 4.79 Å². The number of benzene rings is 1. The predicted octanol–water partition coefficient (Wildman–Crippen LogP) is 3.23. The molecule has 144 valence electrons. The van der Waals surface area contributed by atoms with E-state index in [1.165, 1.54) is 16.9 Å². The van der Waals surface area contributed by atoms with Crippen molar-refractivity contribution in [3.05, 3.63) is 75.9 Å². The molecule has 1 aliphatic heterocycles. The minimum atomic E-state index is -0.181. The summed E-state index contributed by atoms with van der Waals surface area (Å²) >= 11 is 1.50. The van der Waals surface area contributed by atoms with Gasteiger partial charge in [0, 0.05) is 37.0 Å². The van der Waals surface area contributed by atoms with Crippen LogP contribution in [0, 0.1) is 0 Å². The summed E-state index contributed by atoms with van der Waals surface area (Å²) in [6.45, 7) is 1.71. The summed E-state index contributed by atoms with van der Waals surface area (Å²) in [5.74, 6) is 0.375. The molecule has 3 heterocycles. The lowest BCUT2D eigenvalue weighted by atomic mass is 10.2. The number of carbonyl (C=O) groups excluding carboxylic acids is 1. The molecule has 7 heteroatoms. The first-order valence-corrected chi connectivity index (χ1v) is 10.1. The highest BCUT2D eigenvalue weighted by Gasteiger charge is 2.18. The number of thiazole rings is 1. The van der Waals surface area contributed by atoms with Gasteiger partial charge in [0.2, 0.25) is 5.88 Å². The number of hydrogen-bond donors (Lipinski definition) is 1. The average Bonchev–Trinajstić information content (AvgIpc) is 3.39. The largest absolute Gasteiger partial charge is 0.472 e. The summed E-state index contributed by atoms with van der Waals surface area (Å²) in [7, 11) is 0. The molecule has 1 aliphatic rings. The maximum Gasteiger partial charge on any atom is 0.271 e. The van der Waals surface area contributed by atoms with Crippen LogP contribution in [0.2, 0.25) is 0 Å². The lowest BCUT2D eigenvalue weighted by Gasteiger charge is -2.11. The molecular formula is C21H21N3O3S. The van der Waals surface area contributed by atoms with Crippen LogP contribution in [0.15, 0.2) is 54.0 Å². The van der Waals surface area contributed by atoms with Gasteiger partial charge in [-0.25, -0.2) is 9.97 Å². The van der Waals surface area contributed by atoms with Crippen molar-refractivity contribution in [3.8, 4) is 5.88 Å². The molecule has 28 heavy (non-hydrogen) atoms. The molecule has 1 amide bonds. The molecular weight excluding hydrogens is 374 g/mol. The summed E-state index contributed by atoms with van der Waals surface area (Å²) < 4.78 is 11.1. The SMILES string of the molecule is O=C(NCc1ccnc(OC2CCOC2)c1)c1csc(Cc2ccccc2)n1. The maximum atomic E-state index is 12.4. The number of rotatable bonds is 7. The van der Waals surface area contributed by atoms with E-state index in [-0.39, 0.29) is 12.0 Å². The van der Waals surface area contributed by atoms with Gasteiger partial charge in [-0.1, -0.05) is 30.3 Å². The number of nitrogens with zero attached hydrogens (tertiary/aromatic N) is 2. The lowest BCUT2D eigenvalue weighted by Crippen LogP contribution is -2.23. The van der Waals surface area contributed by atoms with Crippen molar-refractivity contribution in [2.45, 2.75) is 25.5 Å². The van der Waals surface area contributed by atoms with Crippen LogP contribution in [-0.2, 0) is 17.7 Å². The molecule has 0 aliphatic carbocycles. The van der Waals surface area contributed by atoms with Crippen LogP contribution >= 0.6 is 11.3 Å². The Labute approximate surface area is 167 Å². The fourth-order valence-electron chi connectivity index (χ4n) is 2.94. The molecule has 1 atom stereocenters. The van der Waals surface area contributed by atoms with Crippen LogP contribution in [0.1, 0.15) is 33.0 Å². The van der Waals surface area contributed by atoms with Crippen molar-refractivity contribution in [1.82, 2.24) is 15.3 Å². The molecule has 0 saturated carbocycles. The van der Waals surface area contributed by atoms with E-state index in [0.717, 1.165) is 30.0 Å². The highest BCUT2D eigenvalue weighted by atomic mass is 32.1. The van der Waals surface area contributed by atoms with Gasteiger partial charge in [-0.15, -0.1) is 11.3 Å². The fraction of sp³-hybridized carbons (Fsp3) is 0.286. The fourth-order valence-corrected chi connectivity index (χ4v) is 3.75. The van der Waals surface area contributed by atoms with E-state index in [1.807, 2.05) is 30.3 Å². The van der Waals surface area contributed by atoms with E-state index >= 15 is 0 Å². The van der Waals surface area contributed by atoms with Crippen molar-refractivity contribution in [2.24, 2.45) is 0 Å². The maximum absolute atomic E-state index is 12.4. The van der Waals surface area contributed by atoms with Gasteiger partial charge in [-0.05, 0) is 17.2 Å². The topological polar surface area (TPSA) is 73.3 Å². The van der Waals surface area contributed by atoms with Gasteiger partial charge in [-0.2, -0.15) is 0 Å². The molecule has 3 aromatic rings. The van der Waals surface area contributed by atoms with Crippen molar-refractivity contribution < 1.29 is 14.3 Å². The lowest BCUT2D eigenvalue weighted by molar-refractivity contribution is 0.0946. The third-order valence-corrected chi connectivity index (χ3v) is 5.26. The quantitative estimate of drug-likeness (QED) is 0.665. The Morgan fingerprint density at radius 1 is 1.25 bits per heavy atom. The van der Waals surface area contributed by atoms with Crippen LogP contribution in [0.5, 0.6) is 5.88 Å². The second-order valence-corrected chi connectivity index (χ2v) is 7.52. The second kappa shape index (κ2) is 8.95. The molecule has 1 N–H and O–H groups in total. The number of pyridine rings is 1. The summed E-state index contributed by atoms with van der Waals surface area (Å²) in [4.78, 5) is 21.1. The number of aromatic nitrogens is 2. The van der Waals surface area contributed by atoms with Crippen LogP contribution in [0.3, 0.4) is 0 Å². The summed E-state index contributed by atoms with van der Waals surface area (Å²) in [6, 6.07) is 13.8. The number of nitrogens with one attached hydrogen (secondary N) is 1. The van der Waals surface area contributed by atoms with Crippen molar-refractivity contribution in [2.75, 3.05) is 13.2 Å². The average molecular weight is 395 g/mol. The molecule has 1 saturated heterocycles. The third-order valence-electron chi connectivity index (χ3n) is 4.41. The first kappa shape index (κ1) is 18.6. The van der Waals surface area contributed by atoms with Crippen molar-refractivity contribution >= 4 is 17.2 Å². The van der Waals surface area contributed by atoms with Crippen LogP contribution < -0.4 is 10.1 Å². The van der Waals surface area contributed by atoms with Crippen LogP contribution in [0.4, 0.5) is 0 Å². The monoisotopic (exact) mass is 395 g/mol. The smallest absolute Gasteiger partial charge is 0.271 e. The van der Waals surface area contributed by atoms with Gasteiger partial charge >= 0.3 is 0 Å². The molecule has 0 spiro atoms. The van der Waals surface area contributed by atoms with Crippen LogP contribution in [0.25, 0.3) is 0 Å². The second-order valence-electron chi connectivity index (χ2n) is 6.58. The minimum absolute atomic E-state index is 0.0513. The van der Waals surface area contributed by atoms with Crippen molar-refractivity contribution in [1.29, 1.82) is 0 Å².